The summed E-state index contributed by atoms with van der Waals surface area (Å²) >= 11 is 0. The summed E-state index contributed by atoms with van der Waals surface area (Å²) in [4.78, 5) is 29.6. The lowest BCUT2D eigenvalue weighted by Crippen LogP contribution is -2.58. The molecule has 0 spiro atoms. The quantitative estimate of drug-likeness (QED) is 0.823. The number of para-hydroxylation sites is 1. The van der Waals surface area contributed by atoms with Gasteiger partial charge in [-0.3, -0.25) is 9.59 Å². The maximum atomic E-state index is 13.0. The molecule has 2 amide bonds. The lowest BCUT2D eigenvalue weighted by molar-refractivity contribution is -0.145. The number of carbonyl (C=O) groups is 2. The molecule has 5 heteroatoms. The van der Waals surface area contributed by atoms with Crippen LogP contribution in [0.5, 0.6) is 0 Å². The van der Waals surface area contributed by atoms with Gasteiger partial charge in [0.2, 0.25) is 11.8 Å². The zero-order valence-electron chi connectivity index (χ0n) is 16.2. The van der Waals surface area contributed by atoms with Crippen LogP contribution in [0, 0.1) is 5.92 Å². The van der Waals surface area contributed by atoms with E-state index in [0.717, 1.165) is 29.7 Å². The van der Waals surface area contributed by atoms with Crippen LogP contribution in [0.25, 0.3) is 11.1 Å². The number of nitrogens with zero attached hydrogens (tertiary/aromatic N) is 2. The van der Waals surface area contributed by atoms with Gasteiger partial charge in [0.15, 0.2) is 0 Å². The van der Waals surface area contributed by atoms with E-state index in [-0.39, 0.29) is 30.3 Å². The highest BCUT2D eigenvalue weighted by molar-refractivity contribution is 6.01. The van der Waals surface area contributed by atoms with E-state index in [1.165, 1.54) is 0 Å². The molecule has 1 atom stereocenters. The van der Waals surface area contributed by atoms with Crippen LogP contribution < -0.4 is 4.90 Å². The molecule has 2 aliphatic rings. The fourth-order valence-electron chi connectivity index (χ4n) is 4.13. The Morgan fingerprint density at radius 1 is 1.00 bits per heavy atom. The summed E-state index contributed by atoms with van der Waals surface area (Å²) < 4.78 is 5.37. The number of ether oxygens (including phenoxy) is 1. The standard InChI is InChI=1S/C23H26N2O3/c1-17-15-25(21-10-6-5-9-20(21)18-7-3-2-4-8-18)22(26)16-24(17)23(27)19-11-13-28-14-12-19/h2-10,17,19H,11-16H2,1H3. The van der Waals surface area contributed by atoms with Crippen molar-refractivity contribution in [1.29, 1.82) is 0 Å². The van der Waals surface area contributed by atoms with E-state index in [9.17, 15) is 9.59 Å². The predicted octanol–water partition coefficient (Wildman–Crippen LogP) is 3.34. The Kier molecular flexibility index (Phi) is 5.44. The summed E-state index contributed by atoms with van der Waals surface area (Å²) in [6.45, 7) is 3.94. The average Bonchev–Trinajstić information content (AvgIpc) is 2.76. The number of piperazine rings is 1. The molecule has 0 radical (unpaired) electrons. The van der Waals surface area contributed by atoms with Crippen molar-refractivity contribution in [2.75, 3.05) is 31.2 Å². The second-order valence-corrected chi connectivity index (χ2v) is 7.59. The van der Waals surface area contributed by atoms with E-state index < -0.39 is 0 Å². The van der Waals surface area contributed by atoms with Gasteiger partial charge >= 0.3 is 0 Å². The highest BCUT2D eigenvalue weighted by atomic mass is 16.5. The van der Waals surface area contributed by atoms with Crippen LogP contribution in [-0.2, 0) is 14.3 Å². The highest BCUT2D eigenvalue weighted by Crippen LogP contribution is 2.33. The molecule has 2 aliphatic heterocycles. The minimum atomic E-state index is -0.0260. The van der Waals surface area contributed by atoms with Crippen LogP contribution in [0.3, 0.4) is 0 Å². The minimum Gasteiger partial charge on any atom is -0.381 e. The van der Waals surface area contributed by atoms with Crippen molar-refractivity contribution in [2.45, 2.75) is 25.8 Å². The lowest BCUT2D eigenvalue weighted by Gasteiger charge is -2.41. The third kappa shape index (κ3) is 3.67. The Hall–Kier alpha value is -2.66. The maximum absolute atomic E-state index is 13.0. The van der Waals surface area contributed by atoms with Gasteiger partial charge in [0, 0.05) is 37.3 Å². The number of hydrogen-bond donors (Lipinski definition) is 0. The first-order chi connectivity index (χ1) is 13.6. The van der Waals surface area contributed by atoms with E-state index in [1.807, 2.05) is 54.3 Å². The lowest BCUT2D eigenvalue weighted by atomic mass is 9.96. The first-order valence-electron chi connectivity index (χ1n) is 9.98. The number of benzene rings is 2. The fraction of sp³-hybridized carbons (Fsp3) is 0.391. The molecule has 1 unspecified atom stereocenters. The molecule has 5 nitrogen and oxygen atoms in total. The van der Waals surface area contributed by atoms with Crippen LogP contribution in [0.2, 0.25) is 0 Å². The summed E-state index contributed by atoms with van der Waals surface area (Å²) in [5, 5.41) is 0. The van der Waals surface area contributed by atoms with E-state index >= 15 is 0 Å². The van der Waals surface area contributed by atoms with Crippen molar-refractivity contribution in [3.63, 3.8) is 0 Å². The first-order valence-corrected chi connectivity index (χ1v) is 9.98. The second kappa shape index (κ2) is 8.15. The van der Waals surface area contributed by atoms with Gasteiger partial charge in [-0.2, -0.15) is 0 Å². The maximum Gasteiger partial charge on any atom is 0.246 e. The summed E-state index contributed by atoms with van der Waals surface area (Å²) in [5.74, 6) is 0.0502. The largest absolute Gasteiger partial charge is 0.381 e. The number of amides is 2. The third-order valence-electron chi connectivity index (χ3n) is 5.72. The molecule has 146 valence electrons. The van der Waals surface area contributed by atoms with Crippen molar-refractivity contribution in [3.05, 3.63) is 54.6 Å². The molecule has 2 heterocycles. The second-order valence-electron chi connectivity index (χ2n) is 7.59. The molecule has 2 aromatic rings. The molecule has 0 aliphatic carbocycles. The number of hydrogen-bond acceptors (Lipinski definition) is 3. The van der Waals surface area contributed by atoms with E-state index in [0.29, 0.717) is 19.8 Å². The van der Waals surface area contributed by atoms with Gasteiger partial charge in [-0.05, 0) is 31.4 Å². The average molecular weight is 378 g/mol. The van der Waals surface area contributed by atoms with Gasteiger partial charge in [0.05, 0.1) is 5.69 Å². The van der Waals surface area contributed by atoms with Crippen molar-refractivity contribution in [1.82, 2.24) is 4.90 Å². The molecule has 2 fully saturated rings. The molecular weight excluding hydrogens is 352 g/mol. The van der Waals surface area contributed by atoms with Crippen LogP contribution in [0.4, 0.5) is 5.69 Å². The Labute approximate surface area is 165 Å². The molecule has 2 saturated heterocycles. The Morgan fingerprint density at radius 3 is 2.43 bits per heavy atom. The van der Waals surface area contributed by atoms with Crippen molar-refractivity contribution in [2.24, 2.45) is 5.92 Å². The van der Waals surface area contributed by atoms with Gasteiger partial charge in [-0.1, -0.05) is 48.5 Å². The summed E-state index contributed by atoms with van der Waals surface area (Å²) in [5.41, 5.74) is 3.02. The number of anilines is 1. The molecule has 0 aromatic heterocycles. The summed E-state index contributed by atoms with van der Waals surface area (Å²) in [6, 6.07) is 18.1. The molecule has 0 bridgehead atoms. The molecule has 2 aromatic carbocycles. The van der Waals surface area contributed by atoms with E-state index in [1.54, 1.807) is 4.90 Å². The van der Waals surface area contributed by atoms with Crippen LogP contribution in [-0.4, -0.2) is 49.1 Å². The monoisotopic (exact) mass is 378 g/mol. The first kappa shape index (κ1) is 18.7. The topological polar surface area (TPSA) is 49.9 Å². The van der Waals surface area contributed by atoms with E-state index in [4.69, 9.17) is 4.74 Å². The SMILES string of the molecule is CC1CN(c2ccccc2-c2ccccc2)C(=O)CN1C(=O)C1CCOCC1. The van der Waals surface area contributed by atoms with Crippen LogP contribution in [0.1, 0.15) is 19.8 Å². The molecule has 0 saturated carbocycles. The zero-order valence-corrected chi connectivity index (χ0v) is 16.2. The smallest absolute Gasteiger partial charge is 0.246 e. The van der Waals surface area contributed by atoms with Crippen molar-refractivity contribution >= 4 is 17.5 Å². The normalized spacial score (nSPS) is 21.0. The van der Waals surface area contributed by atoms with E-state index in [2.05, 4.69) is 12.1 Å². The summed E-state index contributed by atoms with van der Waals surface area (Å²) in [7, 11) is 0. The molecule has 4 rings (SSSR count). The van der Waals surface area contributed by atoms with Gasteiger partial charge < -0.3 is 14.5 Å². The fourth-order valence-corrected chi connectivity index (χ4v) is 4.13. The molecular formula is C23H26N2O3. The minimum absolute atomic E-state index is 0.0168. The van der Waals surface area contributed by atoms with Crippen molar-refractivity contribution < 1.29 is 14.3 Å². The Morgan fingerprint density at radius 2 is 1.68 bits per heavy atom. The molecule has 0 N–H and O–H groups in total. The molecule has 28 heavy (non-hydrogen) atoms. The van der Waals surface area contributed by atoms with Gasteiger partial charge in [0.1, 0.15) is 6.54 Å². The number of rotatable bonds is 3. The third-order valence-corrected chi connectivity index (χ3v) is 5.72. The predicted molar refractivity (Wildman–Crippen MR) is 109 cm³/mol. The van der Waals surface area contributed by atoms with Gasteiger partial charge in [-0.15, -0.1) is 0 Å². The zero-order chi connectivity index (χ0) is 19.5. The number of carbonyl (C=O) groups excluding carboxylic acids is 2. The Bertz CT molecular complexity index is 846. The van der Waals surface area contributed by atoms with Crippen molar-refractivity contribution in [3.8, 4) is 11.1 Å². The Balaban J connectivity index is 1.56. The highest BCUT2D eigenvalue weighted by Gasteiger charge is 2.37. The van der Waals surface area contributed by atoms with Gasteiger partial charge in [0.25, 0.3) is 0 Å². The summed E-state index contributed by atoms with van der Waals surface area (Å²) in [6.07, 6.45) is 1.49. The van der Waals surface area contributed by atoms with Crippen LogP contribution >= 0.6 is 0 Å². The van der Waals surface area contributed by atoms with Gasteiger partial charge in [-0.25, -0.2) is 0 Å². The van der Waals surface area contributed by atoms with Crippen LogP contribution in [0.15, 0.2) is 54.6 Å².